The predicted molar refractivity (Wildman–Crippen MR) is 86.1 cm³/mol. The lowest BCUT2D eigenvalue weighted by molar-refractivity contribution is 0.0221. The second kappa shape index (κ2) is 6.44. The van der Waals surface area contributed by atoms with Crippen LogP contribution in [0.3, 0.4) is 0 Å². The van der Waals surface area contributed by atoms with Crippen molar-refractivity contribution < 1.29 is 14.3 Å². The summed E-state index contributed by atoms with van der Waals surface area (Å²) in [5.41, 5.74) is 1.58. The molecule has 1 N–H and O–H groups in total. The van der Waals surface area contributed by atoms with Gasteiger partial charge in [0.2, 0.25) is 0 Å². The molecule has 0 unspecified atom stereocenters. The summed E-state index contributed by atoms with van der Waals surface area (Å²) in [6.07, 6.45) is 1.89. The van der Waals surface area contributed by atoms with Crippen molar-refractivity contribution in [3.05, 3.63) is 29.6 Å². The zero-order valence-electron chi connectivity index (χ0n) is 14.2. The Bertz CT molecular complexity index is 628. The van der Waals surface area contributed by atoms with Gasteiger partial charge in [0.25, 0.3) is 5.91 Å². The molecule has 7 heteroatoms. The van der Waals surface area contributed by atoms with E-state index >= 15 is 0 Å². The van der Waals surface area contributed by atoms with Crippen LogP contribution in [0, 0.1) is 0 Å². The fourth-order valence-electron chi connectivity index (χ4n) is 2.51. The number of hydrogen-bond donors (Lipinski definition) is 1. The SMILES string of the molecule is C=CCNC(=O)c1nn(C)c2c1CN(C(=O)OC(C)(C)C)CC2. The van der Waals surface area contributed by atoms with Gasteiger partial charge in [-0.3, -0.25) is 9.48 Å². The normalized spacial score (nSPS) is 14.2. The number of nitrogens with zero attached hydrogens (tertiary/aromatic N) is 3. The van der Waals surface area contributed by atoms with E-state index in [1.807, 2.05) is 27.8 Å². The maximum atomic E-state index is 12.2. The van der Waals surface area contributed by atoms with Crippen molar-refractivity contribution in [1.82, 2.24) is 20.0 Å². The number of aryl methyl sites for hydroxylation is 1. The van der Waals surface area contributed by atoms with Gasteiger partial charge in [-0.2, -0.15) is 5.10 Å². The summed E-state index contributed by atoms with van der Waals surface area (Å²) in [4.78, 5) is 26.1. The van der Waals surface area contributed by atoms with Crippen molar-refractivity contribution in [2.45, 2.75) is 39.3 Å². The summed E-state index contributed by atoms with van der Waals surface area (Å²) >= 11 is 0. The summed E-state index contributed by atoms with van der Waals surface area (Å²) in [6.45, 7) is 10.3. The third-order valence-electron chi connectivity index (χ3n) is 3.52. The molecule has 0 fully saturated rings. The van der Waals surface area contributed by atoms with Crippen LogP contribution in [0.4, 0.5) is 4.79 Å². The van der Waals surface area contributed by atoms with Gasteiger partial charge in [0, 0.05) is 37.8 Å². The first-order chi connectivity index (χ1) is 10.7. The fourth-order valence-corrected chi connectivity index (χ4v) is 2.51. The van der Waals surface area contributed by atoms with E-state index in [4.69, 9.17) is 4.74 Å². The number of nitrogens with one attached hydrogen (secondary N) is 1. The Labute approximate surface area is 136 Å². The summed E-state index contributed by atoms with van der Waals surface area (Å²) in [7, 11) is 1.81. The molecule has 1 aliphatic rings. The molecule has 0 spiro atoms. The molecule has 2 amide bonds. The second-order valence-electron chi connectivity index (χ2n) is 6.55. The van der Waals surface area contributed by atoms with Crippen LogP contribution in [-0.4, -0.2) is 45.4 Å². The molecule has 23 heavy (non-hydrogen) atoms. The number of aromatic nitrogens is 2. The Morgan fingerprint density at radius 2 is 2.13 bits per heavy atom. The first-order valence-electron chi connectivity index (χ1n) is 7.64. The number of carbonyl (C=O) groups excluding carboxylic acids is 2. The topological polar surface area (TPSA) is 76.5 Å². The number of carbonyl (C=O) groups is 2. The lowest BCUT2D eigenvalue weighted by atomic mass is 10.1. The monoisotopic (exact) mass is 320 g/mol. The average Bonchev–Trinajstić information content (AvgIpc) is 2.80. The minimum atomic E-state index is -0.545. The van der Waals surface area contributed by atoms with E-state index in [0.29, 0.717) is 31.7 Å². The molecular formula is C16H24N4O3. The zero-order valence-corrected chi connectivity index (χ0v) is 14.2. The molecule has 2 heterocycles. The minimum Gasteiger partial charge on any atom is -0.444 e. The molecule has 0 saturated heterocycles. The molecule has 0 atom stereocenters. The van der Waals surface area contributed by atoms with Gasteiger partial charge < -0.3 is 15.0 Å². The van der Waals surface area contributed by atoms with Crippen molar-refractivity contribution >= 4 is 12.0 Å². The molecule has 126 valence electrons. The van der Waals surface area contributed by atoms with E-state index in [0.717, 1.165) is 11.3 Å². The molecule has 0 aromatic carbocycles. The maximum absolute atomic E-state index is 12.2. The van der Waals surface area contributed by atoms with Gasteiger partial charge in [-0.05, 0) is 20.8 Å². The molecule has 1 aromatic rings. The third-order valence-corrected chi connectivity index (χ3v) is 3.52. The molecule has 1 aromatic heterocycles. The Balaban J connectivity index is 2.20. The zero-order chi connectivity index (χ0) is 17.2. The smallest absolute Gasteiger partial charge is 0.410 e. The van der Waals surface area contributed by atoms with E-state index in [1.54, 1.807) is 15.7 Å². The maximum Gasteiger partial charge on any atom is 0.410 e. The third kappa shape index (κ3) is 3.91. The van der Waals surface area contributed by atoms with Crippen molar-refractivity contribution in [3.63, 3.8) is 0 Å². The average molecular weight is 320 g/mol. The van der Waals surface area contributed by atoms with Crippen molar-refractivity contribution in [2.24, 2.45) is 7.05 Å². The van der Waals surface area contributed by atoms with Crippen molar-refractivity contribution in [2.75, 3.05) is 13.1 Å². The first kappa shape index (κ1) is 17.1. The van der Waals surface area contributed by atoms with E-state index < -0.39 is 5.60 Å². The summed E-state index contributed by atoms with van der Waals surface area (Å²) in [5, 5.41) is 7.03. The largest absolute Gasteiger partial charge is 0.444 e. The van der Waals surface area contributed by atoms with Crippen LogP contribution in [0.1, 0.15) is 42.5 Å². The molecule has 7 nitrogen and oxygen atoms in total. The van der Waals surface area contributed by atoms with Gasteiger partial charge in [0.1, 0.15) is 5.60 Å². The summed E-state index contributed by atoms with van der Waals surface area (Å²) < 4.78 is 7.12. The Hall–Kier alpha value is -2.31. The van der Waals surface area contributed by atoms with Crippen LogP contribution in [0.5, 0.6) is 0 Å². The first-order valence-corrected chi connectivity index (χ1v) is 7.64. The Morgan fingerprint density at radius 1 is 1.43 bits per heavy atom. The van der Waals surface area contributed by atoms with Crippen LogP contribution in [-0.2, 0) is 24.8 Å². The van der Waals surface area contributed by atoms with Crippen LogP contribution in [0.2, 0.25) is 0 Å². The van der Waals surface area contributed by atoms with E-state index in [-0.39, 0.29) is 12.0 Å². The predicted octanol–water partition coefficient (Wildman–Crippen LogP) is 1.63. The van der Waals surface area contributed by atoms with Crippen molar-refractivity contribution in [1.29, 1.82) is 0 Å². The van der Waals surface area contributed by atoms with Gasteiger partial charge in [0.15, 0.2) is 5.69 Å². The quantitative estimate of drug-likeness (QED) is 0.859. The minimum absolute atomic E-state index is 0.257. The number of fused-ring (bicyclic) bond motifs is 1. The summed E-state index contributed by atoms with van der Waals surface area (Å²) in [5.74, 6) is -0.257. The molecule has 1 aliphatic heterocycles. The molecule has 2 rings (SSSR count). The number of ether oxygens (including phenoxy) is 1. The fraction of sp³-hybridized carbons (Fsp3) is 0.562. The highest BCUT2D eigenvalue weighted by Crippen LogP contribution is 2.23. The molecule has 0 aliphatic carbocycles. The lowest BCUT2D eigenvalue weighted by Crippen LogP contribution is -2.40. The molecule has 0 saturated carbocycles. The van der Waals surface area contributed by atoms with Crippen LogP contribution in [0.15, 0.2) is 12.7 Å². The number of amides is 2. The van der Waals surface area contributed by atoms with Gasteiger partial charge in [-0.15, -0.1) is 6.58 Å². The standard InChI is InChI=1S/C16H24N4O3/c1-6-8-17-14(21)13-11-10-20(15(22)23-16(2,3)4)9-7-12(11)19(5)18-13/h6H,1,7-10H2,2-5H3,(H,17,21). The number of rotatable bonds is 3. The second-order valence-corrected chi connectivity index (χ2v) is 6.55. The Kier molecular flexibility index (Phi) is 4.77. The van der Waals surface area contributed by atoms with Crippen LogP contribution in [0.25, 0.3) is 0 Å². The lowest BCUT2D eigenvalue weighted by Gasteiger charge is -2.30. The van der Waals surface area contributed by atoms with Gasteiger partial charge in [-0.25, -0.2) is 4.79 Å². The molecular weight excluding hydrogens is 296 g/mol. The number of hydrogen-bond acceptors (Lipinski definition) is 4. The van der Waals surface area contributed by atoms with Crippen molar-refractivity contribution in [3.8, 4) is 0 Å². The van der Waals surface area contributed by atoms with E-state index in [1.165, 1.54) is 0 Å². The van der Waals surface area contributed by atoms with Crippen LogP contribution >= 0.6 is 0 Å². The Morgan fingerprint density at radius 3 is 2.74 bits per heavy atom. The molecule has 0 bridgehead atoms. The van der Waals surface area contributed by atoms with Crippen LogP contribution < -0.4 is 5.32 Å². The van der Waals surface area contributed by atoms with Gasteiger partial charge in [-0.1, -0.05) is 6.08 Å². The van der Waals surface area contributed by atoms with E-state index in [9.17, 15) is 9.59 Å². The highest BCUT2D eigenvalue weighted by atomic mass is 16.6. The highest BCUT2D eigenvalue weighted by Gasteiger charge is 2.31. The molecule has 0 radical (unpaired) electrons. The van der Waals surface area contributed by atoms with E-state index in [2.05, 4.69) is 17.0 Å². The highest BCUT2D eigenvalue weighted by molar-refractivity contribution is 5.94. The summed E-state index contributed by atoms with van der Waals surface area (Å²) in [6, 6.07) is 0. The van der Waals surface area contributed by atoms with Gasteiger partial charge in [0.05, 0.1) is 6.54 Å². The van der Waals surface area contributed by atoms with Gasteiger partial charge >= 0.3 is 6.09 Å².